The van der Waals surface area contributed by atoms with Crippen molar-refractivity contribution in [3.8, 4) is 0 Å². The van der Waals surface area contributed by atoms with Crippen LogP contribution in [0.4, 0.5) is 5.69 Å². The van der Waals surface area contributed by atoms with Crippen LogP contribution in [-0.2, 0) is 5.41 Å². The fourth-order valence-electron chi connectivity index (χ4n) is 2.26. The second kappa shape index (κ2) is 2.91. The molecule has 1 aliphatic rings. The zero-order valence-corrected chi connectivity index (χ0v) is 9.78. The van der Waals surface area contributed by atoms with Crippen LogP contribution in [0.25, 0.3) is 10.9 Å². The average molecular weight is 210 g/mol. The molecule has 0 bridgehead atoms. The highest BCUT2D eigenvalue weighted by molar-refractivity contribution is 6.06. The Morgan fingerprint density at radius 2 is 1.94 bits per heavy atom. The Balaban J connectivity index is 2.43. The first-order valence-corrected chi connectivity index (χ1v) is 5.55. The number of rotatable bonds is 0. The van der Waals surface area contributed by atoms with Crippen molar-refractivity contribution < 1.29 is 0 Å². The lowest BCUT2D eigenvalue weighted by Crippen LogP contribution is -2.22. The van der Waals surface area contributed by atoms with Crippen molar-refractivity contribution in [1.29, 1.82) is 0 Å². The predicted molar refractivity (Wildman–Crippen MR) is 67.5 cm³/mol. The van der Waals surface area contributed by atoms with Gasteiger partial charge in [0.05, 0.1) is 11.2 Å². The van der Waals surface area contributed by atoms with Crippen LogP contribution in [0.1, 0.15) is 26.3 Å². The molecule has 2 aromatic rings. The maximum absolute atomic E-state index is 4.71. The van der Waals surface area contributed by atoms with Gasteiger partial charge in [-0.2, -0.15) is 0 Å². The first-order valence-electron chi connectivity index (χ1n) is 5.55. The summed E-state index contributed by atoms with van der Waals surface area (Å²) in [4.78, 5) is 9.07. The van der Waals surface area contributed by atoms with Gasteiger partial charge in [0.2, 0.25) is 0 Å². The monoisotopic (exact) mass is 210 g/mol. The molecule has 2 heteroatoms. The van der Waals surface area contributed by atoms with Crippen molar-refractivity contribution in [1.82, 2.24) is 4.98 Å². The lowest BCUT2D eigenvalue weighted by Gasteiger charge is -2.19. The Morgan fingerprint density at radius 1 is 1.12 bits per heavy atom. The van der Waals surface area contributed by atoms with E-state index < -0.39 is 0 Å². The van der Waals surface area contributed by atoms with Gasteiger partial charge in [0.15, 0.2) is 0 Å². The second-order valence-electron chi connectivity index (χ2n) is 4.85. The minimum Gasteiger partial charge on any atom is -0.256 e. The Morgan fingerprint density at radius 3 is 2.75 bits per heavy atom. The van der Waals surface area contributed by atoms with E-state index in [0.717, 1.165) is 16.6 Å². The van der Waals surface area contributed by atoms with E-state index in [4.69, 9.17) is 4.99 Å². The molecule has 0 radical (unpaired) electrons. The molecule has 0 atom stereocenters. The van der Waals surface area contributed by atoms with Gasteiger partial charge in [0.25, 0.3) is 0 Å². The van der Waals surface area contributed by atoms with Gasteiger partial charge < -0.3 is 0 Å². The van der Waals surface area contributed by atoms with Gasteiger partial charge in [0, 0.05) is 22.7 Å². The normalized spacial score (nSPS) is 17.3. The third-order valence-corrected chi connectivity index (χ3v) is 3.61. The summed E-state index contributed by atoms with van der Waals surface area (Å²) >= 11 is 0. The fraction of sp³-hybridized carbons (Fsp3) is 0.286. The van der Waals surface area contributed by atoms with Crippen LogP contribution in [0.15, 0.2) is 35.5 Å². The molecule has 0 unspecified atom stereocenters. The number of aliphatic imine (C=N–C) groups is 1. The zero-order valence-electron chi connectivity index (χ0n) is 9.78. The summed E-state index contributed by atoms with van der Waals surface area (Å²) in [5.41, 5.74) is 4.67. The van der Waals surface area contributed by atoms with Gasteiger partial charge in [-0.1, -0.05) is 19.9 Å². The molecule has 2 heterocycles. The summed E-state index contributed by atoms with van der Waals surface area (Å²) in [5, 5.41) is 1.16. The number of benzene rings is 1. The van der Waals surface area contributed by atoms with Crippen molar-refractivity contribution in [3.63, 3.8) is 0 Å². The van der Waals surface area contributed by atoms with E-state index >= 15 is 0 Å². The summed E-state index contributed by atoms with van der Waals surface area (Å²) in [7, 11) is 0. The molecule has 0 aliphatic carbocycles. The largest absolute Gasteiger partial charge is 0.256 e. The van der Waals surface area contributed by atoms with Crippen molar-refractivity contribution >= 4 is 22.3 Å². The van der Waals surface area contributed by atoms with Gasteiger partial charge in [-0.05, 0) is 30.7 Å². The van der Waals surface area contributed by atoms with E-state index in [1.807, 2.05) is 12.3 Å². The van der Waals surface area contributed by atoms with E-state index in [1.165, 1.54) is 11.3 Å². The SMILES string of the molecule is CC1=Nc2c(ccc3ncccc23)C1(C)C. The number of nitrogens with zero attached hydrogens (tertiary/aromatic N) is 2. The van der Waals surface area contributed by atoms with Gasteiger partial charge in [-0.25, -0.2) is 0 Å². The van der Waals surface area contributed by atoms with Crippen LogP contribution in [0.5, 0.6) is 0 Å². The van der Waals surface area contributed by atoms with Crippen molar-refractivity contribution in [2.45, 2.75) is 26.2 Å². The lowest BCUT2D eigenvalue weighted by atomic mass is 9.82. The van der Waals surface area contributed by atoms with Crippen LogP contribution in [0.2, 0.25) is 0 Å². The van der Waals surface area contributed by atoms with Crippen LogP contribution in [0, 0.1) is 0 Å². The van der Waals surface area contributed by atoms with Crippen molar-refractivity contribution in [2.75, 3.05) is 0 Å². The fourth-order valence-corrected chi connectivity index (χ4v) is 2.26. The summed E-state index contributed by atoms with van der Waals surface area (Å²) in [6, 6.07) is 8.31. The van der Waals surface area contributed by atoms with Gasteiger partial charge in [0.1, 0.15) is 0 Å². The van der Waals surface area contributed by atoms with Crippen molar-refractivity contribution in [3.05, 3.63) is 36.0 Å². The molecule has 0 N–H and O–H groups in total. The first-order chi connectivity index (χ1) is 7.60. The summed E-state index contributed by atoms with van der Waals surface area (Å²) in [5.74, 6) is 0. The van der Waals surface area contributed by atoms with E-state index in [2.05, 4.69) is 44.0 Å². The second-order valence-corrected chi connectivity index (χ2v) is 4.85. The van der Waals surface area contributed by atoms with E-state index in [0.29, 0.717) is 0 Å². The third-order valence-electron chi connectivity index (χ3n) is 3.61. The average Bonchev–Trinajstić information content (AvgIpc) is 2.51. The molecule has 0 saturated carbocycles. The zero-order chi connectivity index (χ0) is 11.3. The third kappa shape index (κ3) is 1.07. The molecule has 3 rings (SSSR count). The van der Waals surface area contributed by atoms with E-state index in [9.17, 15) is 0 Å². The van der Waals surface area contributed by atoms with Crippen LogP contribution in [0.3, 0.4) is 0 Å². The molecule has 0 fully saturated rings. The maximum Gasteiger partial charge on any atom is 0.0764 e. The molecule has 0 saturated heterocycles. The predicted octanol–water partition coefficient (Wildman–Crippen LogP) is 3.62. The van der Waals surface area contributed by atoms with Crippen LogP contribution < -0.4 is 0 Å². The number of hydrogen-bond donors (Lipinski definition) is 0. The smallest absolute Gasteiger partial charge is 0.0764 e. The maximum atomic E-state index is 4.71. The number of hydrogen-bond acceptors (Lipinski definition) is 2. The molecule has 2 nitrogen and oxygen atoms in total. The molecule has 80 valence electrons. The van der Waals surface area contributed by atoms with Crippen LogP contribution >= 0.6 is 0 Å². The number of fused-ring (bicyclic) bond motifs is 3. The highest BCUT2D eigenvalue weighted by Gasteiger charge is 2.32. The summed E-state index contributed by atoms with van der Waals surface area (Å²) in [6.45, 7) is 6.54. The molecular formula is C14H14N2. The summed E-state index contributed by atoms with van der Waals surface area (Å²) < 4.78 is 0. The Kier molecular flexibility index (Phi) is 1.73. The topological polar surface area (TPSA) is 25.2 Å². The molecule has 0 spiro atoms. The van der Waals surface area contributed by atoms with Gasteiger partial charge in [-0.15, -0.1) is 0 Å². The summed E-state index contributed by atoms with van der Waals surface area (Å²) in [6.07, 6.45) is 1.82. The highest BCUT2D eigenvalue weighted by Crippen LogP contribution is 2.43. The first kappa shape index (κ1) is 9.52. The molecule has 16 heavy (non-hydrogen) atoms. The lowest BCUT2D eigenvalue weighted by molar-refractivity contribution is 0.734. The molecule has 1 aromatic heterocycles. The van der Waals surface area contributed by atoms with Crippen LogP contribution in [-0.4, -0.2) is 10.7 Å². The van der Waals surface area contributed by atoms with Gasteiger partial charge >= 0.3 is 0 Å². The Bertz CT molecular complexity index is 609. The highest BCUT2D eigenvalue weighted by atomic mass is 14.8. The van der Waals surface area contributed by atoms with Crippen molar-refractivity contribution in [2.24, 2.45) is 4.99 Å². The molecule has 0 amide bonds. The molecule has 1 aromatic carbocycles. The van der Waals surface area contributed by atoms with Gasteiger partial charge in [-0.3, -0.25) is 9.98 Å². The Labute approximate surface area is 95.0 Å². The molecule has 1 aliphatic heterocycles. The number of pyridine rings is 1. The van der Waals surface area contributed by atoms with E-state index in [1.54, 1.807) is 0 Å². The Hall–Kier alpha value is -1.70. The quantitative estimate of drug-likeness (QED) is 0.652. The minimum absolute atomic E-state index is 0.0549. The number of aromatic nitrogens is 1. The minimum atomic E-state index is 0.0549. The van der Waals surface area contributed by atoms with E-state index in [-0.39, 0.29) is 5.41 Å². The molecular weight excluding hydrogens is 196 g/mol. The standard InChI is InChI=1S/C14H14N2/c1-9-14(2,3)11-6-7-12-10(13(11)16-9)5-4-8-15-12/h4-8H,1-3H3.